The standard InChI is InChI=1S/C17H21S.6FH.Sb/c1-15(2)18(13-16-9-5-3-6-10-16)14-17-11-7-4-8-12-17;;;;;;;/h3-12,15H,13-14H2,1-2H3;6*1H;/q+1;;;;;;;+5/p-6. The van der Waals surface area contributed by atoms with E-state index < -0.39 is 19.5 Å². The van der Waals surface area contributed by atoms with Crippen LogP contribution in [0.3, 0.4) is 0 Å². The first-order valence-corrected chi connectivity index (χ1v) is 14.9. The van der Waals surface area contributed by atoms with Crippen molar-refractivity contribution in [2.45, 2.75) is 30.6 Å². The van der Waals surface area contributed by atoms with Crippen LogP contribution in [0.2, 0.25) is 0 Å². The molecule has 0 spiro atoms. The molecule has 0 aliphatic rings. The summed E-state index contributed by atoms with van der Waals surface area (Å²) in [6.07, 6.45) is 0. The van der Waals surface area contributed by atoms with E-state index in [4.69, 9.17) is 0 Å². The van der Waals surface area contributed by atoms with Gasteiger partial charge in [0.25, 0.3) is 0 Å². The molecule has 0 bridgehead atoms. The number of hydrogen-bond acceptors (Lipinski definition) is 0. The number of benzene rings is 2. The van der Waals surface area contributed by atoms with E-state index in [1.54, 1.807) is 0 Å². The summed E-state index contributed by atoms with van der Waals surface area (Å²) in [5.74, 6) is 2.40. The van der Waals surface area contributed by atoms with Crippen LogP contribution in [-0.2, 0) is 22.4 Å². The Bertz CT molecular complexity index is 588. The van der Waals surface area contributed by atoms with Crippen LogP contribution in [-0.4, -0.2) is 24.7 Å². The van der Waals surface area contributed by atoms with Crippen LogP contribution in [0.15, 0.2) is 60.7 Å². The Kier molecular flexibility index (Phi) is 6.96. The second-order valence-corrected chi connectivity index (χ2v) is 13.9. The Morgan fingerprint density at radius 3 is 1.20 bits per heavy atom. The van der Waals surface area contributed by atoms with Crippen LogP contribution in [0.5, 0.6) is 0 Å². The Hall–Kier alpha value is -0.812. The molecule has 0 fully saturated rings. The number of halogens is 6. The molecule has 8 heteroatoms. The summed E-state index contributed by atoms with van der Waals surface area (Å²) in [7, 11) is 0.422. The molecule has 0 saturated carbocycles. The molecule has 0 unspecified atom stereocenters. The van der Waals surface area contributed by atoms with Crippen molar-refractivity contribution >= 4 is 30.4 Å². The van der Waals surface area contributed by atoms with Gasteiger partial charge in [0.1, 0.15) is 16.8 Å². The average Bonchev–Trinajstić information content (AvgIpc) is 2.45. The van der Waals surface area contributed by atoms with Crippen molar-refractivity contribution in [1.29, 1.82) is 0 Å². The fourth-order valence-electron chi connectivity index (χ4n) is 1.96. The van der Waals surface area contributed by atoms with Gasteiger partial charge in [0.15, 0.2) is 0 Å². The molecule has 0 nitrogen and oxygen atoms in total. The minimum atomic E-state index is -11.2. The fraction of sp³-hybridized carbons (Fsp3) is 0.294. The molecular formula is C17H21F6SSb. The SMILES string of the molecule is CC(C)[S+](Cc1ccccc1)Cc1ccccc1.[F][Sb-]([F])([F])([F])([F])[F]. The van der Waals surface area contributed by atoms with Crippen LogP contribution in [0, 0.1) is 0 Å². The van der Waals surface area contributed by atoms with E-state index in [2.05, 4.69) is 74.5 Å². The summed E-state index contributed by atoms with van der Waals surface area (Å²) in [5, 5.41) is 0.741. The van der Waals surface area contributed by atoms with Gasteiger partial charge in [0.2, 0.25) is 0 Å². The van der Waals surface area contributed by atoms with Crippen molar-refractivity contribution in [3.63, 3.8) is 0 Å². The molecule has 0 N–H and O–H groups in total. The van der Waals surface area contributed by atoms with Gasteiger partial charge < -0.3 is 0 Å². The monoisotopic (exact) mass is 492 g/mol. The van der Waals surface area contributed by atoms with Crippen LogP contribution in [0.25, 0.3) is 0 Å². The third-order valence-electron chi connectivity index (χ3n) is 3.06. The Balaban J connectivity index is 0.000000381. The van der Waals surface area contributed by atoms with Gasteiger partial charge in [0.05, 0.1) is 0 Å². The summed E-state index contributed by atoms with van der Waals surface area (Å²) in [6, 6.07) is 21.7. The van der Waals surface area contributed by atoms with Crippen molar-refractivity contribution in [2.24, 2.45) is 0 Å². The van der Waals surface area contributed by atoms with Gasteiger partial charge in [-0.05, 0) is 24.7 Å². The maximum atomic E-state index is 9.93. The summed E-state index contributed by atoms with van der Waals surface area (Å²) in [5.41, 5.74) is 2.93. The van der Waals surface area contributed by atoms with Crippen LogP contribution < -0.4 is 0 Å². The molecule has 0 heterocycles. The van der Waals surface area contributed by atoms with Gasteiger partial charge in [-0.25, -0.2) is 0 Å². The van der Waals surface area contributed by atoms with E-state index in [1.165, 1.54) is 22.6 Å². The predicted octanol–water partition coefficient (Wildman–Crippen LogP) is 6.55. The summed E-state index contributed by atoms with van der Waals surface area (Å²) >= 11 is -11.2. The Morgan fingerprint density at radius 2 is 0.960 bits per heavy atom. The Labute approximate surface area is 149 Å². The third kappa shape index (κ3) is 14.1. The summed E-state index contributed by atoms with van der Waals surface area (Å²) < 4.78 is 59.6. The van der Waals surface area contributed by atoms with Gasteiger partial charge in [0, 0.05) is 11.1 Å². The van der Waals surface area contributed by atoms with Crippen molar-refractivity contribution < 1.29 is 16.9 Å². The molecule has 0 aromatic heterocycles. The van der Waals surface area contributed by atoms with Gasteiger partial charge in [-0.1, -0.05) is 60.7 Å². The van der Waals surface area contributed by atoms with E-state index >= 15 is 0 Å². The zero-order valence-corrected chi connectivity index (χ0v) is 17.3. The number of hydrogen-bond donors (Lipinski definition) is 0. The molecule has 25 heavy (non-hydrogen) atoms. The maximum absolute atomic E-state index is 11.2. The molecule has 0 aliphatic heterocycles. The second kappa shape index (κ2) is 7.83. The first-order valence-electron chi connectivity index (χ1n) is 7.51. The molecule has 2 aromatic rings. The minimum absolute atomic E-state index is 0.422. The molecule has 0 aliphatic carbocycles. The number of rotatable bonds is 5. The van der Waals surface area contributed by atoms with Crippen molar-refractivity contribution in [1.82, 2.24) is 0 Å². The van der Waals surface area contributed by atoms with Crippen molar-refractivity contribution in [3.05, 3.63) is 71.8 Å². The third-order valence-corrected chi connectivity index (χ3v) is 5.80. The zero-order chi connectivity index (χ0) is 19.2. The van der Waals surface area contributed by atoms with E-state index in [0.29, 0.717) is 10.9 Å². The average molecular weight is 493 g/mol. The quantitative estimate of drug-likeness (QED) is 0.252. The molecule has 2 aromatic carbocycles. The fourth-order valence-corrected chi connectivity index (χ4v) is 3.97. The predicted molar refractivity (Wildman–Crippen MR) is 95.2 cm³/mol. The first-order chi connectivity index (χ1) is 11.2. The van der Waals surface area contributed by atoms with Gasteiger partial charge >= 0.3 is 36.4 Å². The topological polar surface area (TPSA) is 0 Å². The van der Waals surface area contributed by atoms with Crippen molar-refractivity contribution in [3.8, 4) is 0 Å². The van der Waals surface area contributed by atoms with Crippen LogP contribution >= 0.6 is 0 Å². The van der Waals surface area contributed by atoms with E-state index in [0.717, 1.165) is 5.25 Å². The molecule has 0 radical (unpaired) electrons. The van der Waals surface area contributed by atoms with Gasteiger partial charge in [-0.2, -0.15) is 0 Å². The summed E-state index contributed by atoms with van der Waals surface area (Å²) in [6.45, 7) is 4.68. The molecule has 0 atom stereocenters. The molecule has 0 saturated heterocycles. The molecule has 142 valence electrons. The van der Waals surface area contributed by atoms with E-state index in [1.807, 2.05) is 0 Å². The van der Waals surface area contributed by atoms with Crippen LogP contribution in [0.4, 0.5) is 16.9 Å². The van der Waals surface area contributed by atoms with Gasteiger partial charge in [-0.15, -0.1) is 0 Å². The van der Waals surface area contributed by atoms with E-state index in [9.17, 15) is 16.9 Å². The van der Waals surface area contributed by atoms with Crippen molar-refractivity contribution in [2.75, 3.05) is 0 Å². The zero-order valence-electron chi connectivity index (χ0n) is 13.9. The molecule has 0 amide bonds. The van der Waals surface area contributed by atoms with E-state index in [-0.39, 0.29) is 0 Å². The second-order valence-electron chi connectivity index (χ2n) is 5.80. The van der Waals surface area contributed by atoms with Gasteiger partial charge in [-0.3, -0.25) is 0 Å². The summed E-state index contributed by atoms with van der Waals surface area (Å²) in [4.78, 5) is 0. The van der Waals surface area contributed by atoms with Crippen LogP contribution in [0.1, 0.15) is 25.0 Å². The Morgan fingerprint density at radius 1 is 0.680 bits per heavy atom. The first kappa shape index (κ1) is 22.2. The molecule has 2 rings (SSSR count). The molecular weight excluding hydrogens is 472 g/mol. The normalized spacial score (nSPS) is 14.5.